The van der Waals surface area contributed by atoms with E-state index in [4.69, 9.17) is 0 Å². The Morgan fingerprint density at radius 3 is 2.52 bits per heavy atom. The molecule has 3 rings (SSSR count). The third-order valence-corrected chi connectivity index (χ3v) is 3.48. The first-order chi connectivity index (χ1) is 9.81. The molecule has 0 fully saturated rings. The molecule has 0 unspecified atom stereocenters. The van der Waals surface area contributed by atoms with Crippen LogP contribution in [-0.2, 0) is 0 Å². The molecule has 3 aromatic heterocycles. The molecule has 3 aromatic rings. The van der Waals surface area contributed by atoms with Crippen molar-refractivity contribution in [2.45, 2.75) is 6.92 Å². The van der Waals surface area contributed by atoms with E-state index >= 15 is 0 Å². The monoisotopic (exact) mass is 313 g/mol. The van der Waals surface area contributed by atoms with E-state index < -0.39 is 0 Å². The highest BCUT2D eigenvalue weighted by atomic mass is 35.5. The molecule has 0 spiro atoms. The number of thiazole rings is 1. The highest BCUT2D eigenvalue weighted by Crippen LogP contribution is 2.17. The highest BCUT2D eigenvalue weighted by Gasteiger charge is 1.98. The quantitative estimate of drug-likeness (QED) is 0.643. The molecule has 0 amide bonds. The summed E-state index contributed by atoms with van der Waals surface area (Å²) in [7, 11) is 0. The van der Waals surface area contributed by atoms with Crippen molar-refractivity contribution in [2.75, 3.05) is 0 Å². The maximum Gasteiger partial charge on any atom is 0.124 e. The van der Waals surface area contributed by atoms with Gasteiger partial charge >= 0.3 is 0 Å². The number of hydrogen-bond donors (Lipinski definition) is 0. The lowest BCUT2D eigenvalue weighted by Gasteiger charge is -2.00. The first-order valence-electron chi connectivity index (χ1n) is 6.11. The molecule has 21 heavy (non-hydrogen) atoms. The van der Waals surface area contributed by atoms with Gasteiger partial charge in [0.15, 0.2) is 0 Å². The van der Waals surface area contributed by atoms with Gasteiger partial charge in [0.1, 0.15) is 5.69 Å². The molecule has 0 saturated heterocycles. The van der Waals surface area contributed by atoms with Crippen LogP contribution in [0.15, 0.2) is 48.4 Å². The minimum atomic E-state index is 0. The van der Waals surface area contributed by atoms with Gasteiger partial charge in [-0.15, -0.1) is 23.7 Å². The van der Waals surface area contributed by atoms with Gasteiger partial charge in [0.25, 0.3) is 0 Å². The summed E-state index contributed by atoms with van der Waals surface area (Å²) in [6.07, 6.45) is 7.13. The summed E-state index contributed by atoms with van der Waals surface area (Å²) in [5, 5.41) is 2.99. The molecule has 0 atom stereocenters. The molecule has 0 saturated carbocycles. The van der Waals surface area contributed by atoms with Crippen LogP contribution < -0.4 is 0 Å². The van der Waals surface area contributed by atoms with E-state index in [1.165, 1.54) is 0 Å². The fourth-order valence-electron chi connectivity index (χ4n) is 1.77. The minimum absolute atomic E-state index is 0. The van der Waals surface area contributed by atoms with Crippen LogP contribution >= 0.6 is 23.7 Å². The SMILES string of the molecule is Cc1nc(C#Cc2cncc(-c3ccncc3)c2)cs1.Cl. The van der Waals surface area contributed by atoms with Crippen molar-refractivity contribution in [3.05, 3.63) is 64.6 Å². The first-order valence-corrected chi connectivity index (χ1v) is 6.99. The van der Waals surface area contributed by atoms with Crippen LogP contribution in [-0.4, -0.2) is 15.0 Å². The predicted octanol–water partition coefficient (Wildman–Crippen LogP) is 3.73. The van der Waals surface area contributed by atoms with Crippen LogP contribution in [0.4, 0.5) is 0 Å². The van der Waals surface area contributed by atoms with E-state index in [2.05, 4.69) is 26.8 Å². The van der Waals surface area contributed by atoms with Crippen LogP contribution in [0.2, 0.25) is 0 Å². The van der Waals surface area contributed by atoms with Gasteiger partial charge in [-0.1, -0.05) is 5.92 Å². The topological polar surface area (TPSA) is 38.7 Å². The summed E-state index contributed by atoms with van der Waals surface area (Å²) in [6.45, 7) is 1.97. The van der Waals surface area contributed by atoms with Crippen molar-refractivity contribution in [2.24, 2.45) is 0 Å². The molecule has 0 bridgehead atoms. The van der Waals surface area contributed by atoms with Gasteiger partial charge in [0.2, 0.25) is 0 Å². The molecule has 5 heteroatoms. The molecule has 104 valence electrons. The van der Waals surface area contributed by atoms with Gasteiger partial charge in [-0.25, -0.2) is 4.98 Å². The van der Waals surface area contributed by atoms with Crippen molar-refractivity contribution in [1.82, 2.24) is 15.0 Å². The van der Waals surface area contributed by atoms with E-state index in [9.17, 15) is 0 Å². The number of nitrogens with zero attached hydrogens (tertiary/aromatic N) is 3. The molecular formula is C16H12ClN3S. The van der Waals surface area contributed by atoms with Gasteiger partial charge in [-0.3, -0.25) is 9.97 Å². The fourth-order valence-corrected chi connectivity index (χ4v) is 2.31. The molecular weight excluding hydrogens is 302 g/mol. The Morgan fingerprint density at radius 1 is 1.00 bits per heavy atom. The molecule has 3 nitrogen and oxygen atoms in total. The Balaban J connectivity index is 0.00000161. The molecule has 0 aliphatic rings. The zero-order valence-corrected chi connectivity index (χ0v) is 12.9. The van der Waals surface area contributed by atoms with E-state index in [1.807, 2.05) is 36.7 Å². The summed E-state index contributed by atoms with van der Waals surface area (Å²) in [5.74, 6) is 6.16. The Bertz CT molecular complexity index is 788. The molecule has 3 heterocycles. The lowest BCUT2D eigenvalue weighted by molar-refractivity contribution is 1.27. The van der Waals surface area contributed by atoms with Crippen LogP contribution in [0, 0.1) is 18.8 Å². The highest BCUT2D eigenvalue weighted by molar-refractivity contribution is 7.09. The minimum Gasteiger partial charge on any atom is -0.265 e. The van der Waals surface area contributed by atoms with Crippen LogP contribution in [0.3, 0.4) is 0 Å². The van der Waals surface area contributed by atoms with Crippen molar-refractivity contribution >= 4 is 23.7 Å². The summed E-state index contributed by atoms with van der Waals surface area (Å²) in [4.78, 5) is 12.6. The second-order valence-electron chi connectivity index (χ2n) is 4.20. The van der Waals surface area contributed by atoms with Crippen LogP contribution in [0.25, 0.3) is 11.1 Å². The Labute approximate surface area is 133 Å². The van der Waals surface area contributed by atoms with Gasteiger partial charge in [-0.05, 0) is 36.6 Å². The summed E-state index contributed by atoms with van der Waals surface area (Å²) in [6, 6.07) is 5.94. The lowest BCUT2D eigenvalue weighted by atomic mass is 10.1. The van der Waals surface area contributed by atoms with Gasteiger partial charge in [-0.2, -0.15) is 0 Å². The van der Waals surface area contributed by atoms with Crippen molar-refractivity contribution < 1.29 is 0 Å². The fraction of sp³-hybridized carbons (Fsp3) is 0.0625. The Kier molecular flexibility index (Phi) is 5.04. The number of aromatic nitrogens is 3. The van der Waals surface area contributed by atoms with Crippen molar-refractivity contribution in [3.8, 4) is 23.0 Å². The number of rotatable bonds is 1. The third kappa shape index (κ3) is 3.88. The van der Waals surface area contributed by atoms with Crippen LogP contribution in [0.5, 0.6) is 0 Å². The largest absolute Gasteiger partial charge is 0.265 e. The smallest absolute Gasteiger partial charge is 0.124 e. The maximum absolute atomic E-state index is 4.32. The van der Waals surface area contributed by atoms with E-state index in [-0.39, 0.29) is 12.4 Å². The average molecular weight is 314 g/mol. The number of halogens is 1. The lowest BCUT2D eigenvalue weighted by Crippen LogP contribution is -1.84. The first kappa shape index (κ1) is 15.2. The molecule has 0 N–H and O–H groups in total. The van der Waals surface area contributed by atoms with Gasteiger partial charge in [0, 0.05) is 41.3 Å². The predicted molar refractivity (Wildman–Crippen MR) is 87.5 cm³/mol. The van der Waals surface area contributed by atoms with Crippen molar-refractivity contribution in [1.29, 1.82) is 0 Å². The summed E-state index contributed by atoms with van der Waals surface area (Å²) in [5.41, 5.74) is 3.81. The standard InChI is InChI=1S/C16H11N3S.ClH/c1-12-19-16(11-20-12)3-2-13-8-15(10-18-9-13)14-4-6-17-7-5-14;/h4-11H,1H3;1H. The average Bonchev–Trinajstić information content (AvgIpc) is 2.92. The number of aryl methyl sites for hydroxylation is 1. The molecule has 0 aliphatic carbocycles. The van der Waals surface area contributed by atoms with Gasteiger partial charge < -0.3 is 0 Å². The number of pyridine rings is 2. The second-order valence-corrected chi connectivity index (χ2v) is 5.26. The molecule has 0 radical (unpaired) electrons. The van der Waals surface area contributed by atoms with E-state index in [0.29, 0.717) is 0 Å². The normalized spacial score (nSPS) is 9.38. The van der Waals surface area contributed by atoms with E-state index in [0.717, 1.165) is 27.4 Å². The van der Waals surface area contributed by atoms with Crippen molar-refractivity contribution in [3.63, 3.8) is 0 Å². The van der Waals surface area contributed by atoms with E-state index in [1.54, 1.807) is 29.9 Å². The second kappa shape index (κ2) is 6.98. The Hall–Kier alpha value is -2.22. The number of hydrogen-bond acceptors (Lipinski definition) is 4. The molecule has 0 aromatic carbocycles. The van der Waals surface area contributed by atoms with Gasteiger partial charge in [0.05, 0.1) is 5.01 Å². The summed E-state index contributed by atoms with van der Waals surface area (Å²) >= 11 is 1.60. The zero-order chi connectivity index (χ0) is 13.8. The molecule has 0 aliphatic heterocycles. The summed E-state index contributed by atoms with van der Waals surface area (Å²) < 4.78 is 0. The third-order valence-electron chi connectivity index (χ3n) is 2.71. The Morgan fingerprint density at radius 2 is 1.81 bits per heavy atom. The zero-order valence-electron chi connectivity index (χ0n) is 11.3. The maximum atomic E-state index is 4.32. The van der Waals surface area contributed by atoms with Crippen LogP contribution in [0.1, 0.15) is 16.3 Å².